The predicted octanol–water partition coefficient (Wildman–Crippen LogP) is 9.40. The third-order valence-corrected chi connectivity index (χ3v) is 7.09. The Bertz CT molecular complexity index is 1050. The first-order valence-electron chi connectivity index (χ1n) is 11.5. The van der Waals surface area contributed by atoms with Crippen LogP contribution in [0.4, 0.5) is 30.7 Å². The summed E-state index contributed by atoms with van der Waals surface area (Å²) in [4.78, 5) is 0. The van der Waals surface area contributed by atoms with E-state index in [1.54, 1.807) is 0 Å². The van der Waals surface area contributed by atoms with Crippen molar-refractivity contribution in [2.24, 2.45) is 17.8 Å². The van der Waals surface area contributed by atoms with Gasteiger partial charge in [-0.05, 0) is 73.1 Å². The number of allylic oxidation sites excluding steroid dienone is 2. The van der Waals surface area contributed by atoms with Gasteiger partial charge in [0.25, 0.3) is 0 Å². The van der Waals surface area contributed by atoms with E-state index >= 15 is 0 Å². The minimum absolute atomic E-state index is 0. The molecule has 0 aliphatic heterocycles. The molecule has 2 aliphatic carbocycles. The van der Waals surface area contributed by atoms with Gasteiger partial charge < -0.3 is 4.74 Å². The van der Waals surface area contributed by atoms with Gasteiger partial charge >= 0.3 is 6.11 Å². The van der Waals surface area contributed by atoms with E-state index in [2.05, 4.69) is 11.7 Å². The summed E-state index contributed by atoms with van der Waals surface area (Å²) in [6.45, 7) is 2.26. The molecule has 1 unspecified atom stereocenters. The summed E-state index contributed by atoms with van der Waals surface area (Å²) in [5.41, 5.74) is -0.826. The van der Waals surface area contributed by atoms with Crippen LogP contribution in [0.5, 0.6) is 5.75 Å². The molecule has 2 aromatic carbocycles. The quantitative estimate of drug-likeness (QED) is 0.291. The predicted molar refractivity (Wildman–Crippen MR) is 122 cm³/mol. The maximum absolute atomic E-state index is 14.7. The largest absolute Gasteiger partial charge is 0.432 e. The van der Waals surface area contributed by atoms with Crippen LogP contribution in [-0.2, 0) is 6.11 Å². The molecule has 0 amide bonds. The van der Waals surface area contributed by atoms with Gasteiger partial charge in [-0.2, -0.15) is 8.78 Å². The molecule has 35 heavy (non-hydrogen) atoms. The Kier molecular flexibility index (Phi) is 8.22. The highest BCUT2D eigenvalue weighted by molar-refractivity contribution is 5.67. The lowest BCUT2D eigenvalue weighted by Crippen LogP contribution is -2.25. The molecule has 2 aliphatic rings. The Balaban J connectivity index is 0.00000228. The summed E-state index contributed by atoms with van der Waals surface area (Å²) >= 11 is 0. The molecule has 8 heteroatoms. The Morgan fingerprint density at radius 3 is 1.89 bits per heavy atom. The van der Waals surface area contributed by atoms with Gasteiger partial charge in [0.2, 0.25) is 0 Å². The topological polar surface area (TPSA) is 9.23 Å². The van der Waals surface area contributed by atoms with Crippen LogP contribution in [-0.4, -0.2) is 0 Å². The van der Waals surface area contributed by atoms with Gasteiger partial charge in [0.1, 0.15) is 22.9 Å². The zero-order chi connectivity index (χ0) is 24.6. The lowest BCUT2D eigenvalue weighted by atomic mass is 9.71. The average molecular weight is 505 g/mol. The molecule has 1 saturated carbocycles. The van der Waals surface area contributed by atoms with E-state index in [0.29, 0.717) is 23.8 Å². The van der Waals surface area contributed by atoms with Crippen LogP contribution >= 0.6 is 0 Å². The third-order valence-electron chi connectivity index (χ3n) is 7.09. The second-order valence-corrected chi connectivity index (χ2v) is 9.42. The van der Waals surface area contributed by atoms with Crippen LogP contribution in [0.1, 0.15) is 71.8 Å². The first-order chi connectivity index (χ1) is 16.0. The zero-order valence-electron chi connectivity index (χ0n) is 18.6. The number of hydrogen-bond acceptors (Lipinski definition) is 1. The zero-order valence-corrected chi connectivity index (χ0v) is 18.6. The first-order valence-corrected chi connectivity index (χ1v) is 11.5. The van der Waals surface area contributed by atoms with Crippen molar-refractivity contribution >= 4 is 5.57 Å². The Labute approximate surface area is 202 Å². The first kappa shape index (κ1) is 27.1. The number of rotatable bonds is 5. The van der Waals surface area contributed by atoms with Crippen molar-refractivity contribution in [1.29, 1.82) is 0 Å². The molecule has 0 heterocycles. The van der Waals surface area contributed by atoms with E-state index in [0.717, 1.165) is 30.9 Å². The van der Waals surface area contributed by atoms with Crippen LogP contribution in [0.3, 0.4) is 0 Å². The molecule has 0 aromatic heterocycles. The van der Waals surface area contributed by atoms with Crippen LogP contribution in [0.2, 0.25) is 0 Å². The fraction of sp³-hybridized carbons (Fsp3) is 0.481. The van der Waals surface area contributed by atoms with Crippen molar-refractivity contribution in [3.05, 3.63) is 70.6 Å². The van der Waals surface area contributed by atoms with Gasteiger partial charge in [-0.15, -0.1) is 0 Å². The van der Waals surface area contributed by atoms with Crippen LogP contribution < -0.4 is 4.74 Å². The monoisotopic (exact) mass is 504 g/mol. The van der Waals surface area contributed by atoms with Crippen molar-refractivity contribution in [2.45, 2.75) is 65.4 Å². The van der Waals surface area contributed by atoms with Gasteiger partial charge in [-0.1, -0.05) is 33.3 Å². The van der Waals surface area contributed by atoms with Gasteiger partial charge in [0, 0.05) is 13.6 Å². The summed E-state index contributed by atoms with van der Waals surface area (Å²) in [7, 11) is 0. The molecule has 1 nitrogen and oxygen atoms in total. The van der Waals surface area contributed by atoms with E-state index in [4.69, 9.17) is 0 Å². The Morgan fingerprint density at radius 2 is 1.37 bits per heavy atom. The number of benzene rings is 2. The maximum atomic E-state index is 14.7. The number of alkyl halides is 2. The van der Waals surface area contributed by atoms with Crippen molar-refractivity contribution in [1.82, 2.24) is 0 Å². The number of hydrogen-bond donors (Lipinski definition) is 0. The standard InChI is InChI=1S/C26H25F7O.CH4.H2/c1-14-2-4-15(5-3-14)16-6-8-17(9-7-16)18-10-20(27)24(21(28)11-18)26(32,33)34-19-12-22(29)25(31)23(30)13-19;;/h8,10-16H,2-7,9H2,1H3;1H4;1H. The highest BCUT2D eigenvalue weighted by Gasteiger charge is 2.42. The maximum Gasteiger partial charge on any atom is 0.432 e. The van der Waals surface area contributed by atoms with E-state index < -0.39 is 46.5 Å². The lowest BCUT2D eigenvalue weighted by Gasteiger charge is -2.34. The van der Waals surface area contributed by atoms with E-state index in [1.165, 1.54) is 25.7 Å². The van der Waals surface area contributed by atoms with Crippen molar-refractivity contribution in [3.8, 4) is 5.75 Å². The minimum atomic E-state index is -4.59. The van der Waals surface area contributed by atoms with Crippen molar-refractivity contribution < 1.29 is 36.9 Å². The fourth-order valence-electron chi connectivity index (χ4n) is 5.13. The fourth-order valence-corrected chi connectivity index (χ4v) is 5.13. The Hall–Kier alpha value is -2.51. The second-order valence-electron chi connectivity index (χ2n) is 9.42. The van der Waals surface area contributed by atoms with Gasteiger partial charge in [-0.25, -0.2) is 22.0 Å². The molecular formula is C27H31F7O. The second kappa shape index (κ2) is 10.6. The smallest absolute Gasteiger partial charge is 0.429 e. The van der Waals surface area contributed by atoms with Crippen LogP contribution in [0, 0.1) is 46.8 Å². The SMILES string of the molecule is C.CC1CCC(C2CC=C(c3cc(F)c(C(F)(F)Oc4cc(F)c(F)c(F)c4)c(F)c3)CC2)CC1.[HH]. The summed E-state index contributed by atoms with van der Waals surface area (Å²) in [6.07, 6.45) is 4.37. The summed E-state index contributed by atoms with van der Waals surface area (Å²) in [5, 5.41) is 0. The molecule has 0 saturated heterocycles. The molecule has 4 rings (SSSR count). The molecule has 0 spiro atoms. The van der Waals surface area contributed by atoms with Crippen LogP contribution in [0.15, 0.2) is 30.3 Å². The Morgan fingerprint density at radius 1 is 0.800 bits per heavy atom. The van der Waals surface area contributed by atoms with Gasteiger partial charge in [0.15, 0.2) is 17.5 Å². The van der Waals surface area contributed by atoms with Gasteiger partial charge in [-0.3, -0.25) is 0 Å². The highest BCUT2D eigenvalue weighted by Crippen LogP contribution is 2.42. The van der Waals surface area contributed by atoms with Crippen molar-refractivity contribution in [2.75, 3.05) is 0 Å². The van der Waals surface area contributed by atoms with E-state index in [9.17, 15) is 30.7 Å². The third kappa shape index (κ3) is 5.84. The molecule has 2 aromatic rings. The summed E-state index contributed by atoms with van der Waals surface area (Å²) in [5.74, 6) is -7.72. The minimum Gasteiger partial charge on any atom is -0.429 e. The average Bonchev–Trinajstić information content (AvgIpc) is 2.77. The normalized spacial score (nSPS) is 22.9. The highest BCUT2D eigenvalue weighted by atomic mass is 19.3. The van der Waals surface area contributed by atoms with E-state index in [-0.39, 0.29) is 26.5 Å². The molecule has 0 radical (unpaired) electrons. The number of halogens is 7. The molecule has 1 fully saturated rings. The number of ether oxygens (including phenoxy) is 1. The molecule has 0 N–H and O–H groups in total. The molecule has 0 bridgehead atoms. The lowest BCUT2D eigenvalue weighted by molar-refractivity contribution is -0.189. The summed E-state index contributed by atoms with van der Waals surface area (Å²) in [6, 6.07) is 1.98. The van der Waals surface area contributed by atoms with Crippen LogP contribution in [0.25, 0.3) is 5.57 Å². The van der Waals surface area contributed by atoms with E-state index in [1.807, 2.05) is 6.08 Å². The molecular weight excluding hydrogens is 473 g/mol. The molecule has 194 valence electrons. The summed E-state index contributed by atoms with van der Waals surface area (Å²) < 4.78 is 102. The molecule has 1 atom stereocenters. The van der Waals surface area contributed by atoms with Gasteiger partial charge in [0.05, 0.1) is 0 Å². The van der Waals surface area contributed by atoms with Crippen molar-refractivity contribution in [3.63, 3.8) is 0 Å².